The van der Waals surface area contributed by atoms with Gasteiger partial charge >= 0.3 is 0 Å². The Balaban J connectivity index is 1.80. The number of halogens is 1. The van der Waals surface area contributed by atoms with E-state index in [4.69, 9.17) is 16.3 Å². The van der Waals surface area contributed by atoms with Crippen LogP contribution in [0.25, 0.3) is 0 Å². The quantitative estimate of drug-likeness (QED) is 0.833. The minimum absolute atomic E-state index is 0.0458. The van der Waals surface area contributed by atoms with Crippen molar-refractivity contribution >= 4 is 17.5 Å². The van der Waals surface area contributed by atoms with Crippen molar-refractivity contribution in [3.63, 3.8) is 0 Å². The Kier molecular flexibility index (Phi) is 2.81. The van der Waals surface area contributed by atoms with Gasteiger partial charge in [-0.2, -0.15) is 0 Å². The fraction of sp³-hybridized carbons (Fsp3) is 0.462. The molecule has 1 aliphatic heterocycles. The third-order valence-electron chi connectivity index (χ3n) is 3.37. The molecule has 1 aliphatic carbocycles. The van der Waals surface area contributed by atoms with E-state index < -0.39 is 0 Å². The number of rotatable bonds is 1. The summed E-state index contributed by atoms with van der Waals surface area (Å²) in [4.78, 5) is 4.58. The molecule has 0 bridgehead atoms. The molecular formula is C13H14ClNO2. The summed E-state index contributed by atoms with van der Waals surface area (Å²) < 4.78 is 5.81. The Bertz CT molecular complexity index is 443. The topological polar surface area (TPSA) is 41.8 Å². The molecule has 3 rings (SSSR count). The zero-order chi connectivity index (χ0) is 11.8. The summed E-state index contributed by atoms with van der Waals surface area (Å²) in [7, 11) is 0. The first-order valence-corrected chi connectivity index (χ1v) is 6.28. The summed E-state index contributed by atoms with van der Waals surface area (Å²) in [5, 5.41) is 10.3. The Morgan fingerprint density at radius 3 is 2.76 bits per heavy atom. The lowest BCUT2D eigenvalue weighted by molar-refractivity contribution is 0.0507. The second-order valence-corrected chi connectivity index (χ2v) is 5.07. The summed E-state index contributed by atoms with van der Waals surface area (Å²) in [5.41, 5.74) is 0.957. The van der Waals surface area contributed by atoms with E-state index in [0.717, 1.165) is 18.4 Å². The molecule has 0 radical (unpaired) electrons. The highest BCUT2D eigenvalue weighted by Crippen LogP contribution is 2.30. The van der Waals surface area contributed by atoms with E-state index in [0.29, 0.717) is 17.3 Å². The van der Waals surface area contributed by atoms with Gasteiger partial charge in [-0.05, 0) is 37.1 Å². The molecule has 1 fully saturated rings. The molecule has 1 saturated carbocycles. The molecule has 3 atom stereocenters. The van der Waals surface area contributed by atoms with E-state index >= 15 is 0 Å². The van der Waals surface area contributed by atoms with Gasteiger partial charge in [0.1, 0.15) is 6.10 Å². The van der Waals surface area contributed by atoms with Crippen molar-refractivity contribution in [2.45, 2.75) is 37.5 Å². The Morgan fingerprint density at radius 1 is 1.24 bits per heavy atom. The van der Waals surface area contributed by atoms with Gasteiger partial charge < -0.3 is 9.84 Å². The lowest BCUT2D eigenvalue weighted by atomic mass is 9.91. The molecule has 1 aromatic carbocycles. The molecule has 4 heteroatoms. The number of aliphatic hydroxyl groups excluding tert-OH is 1. The van der Waals surface area contributed by atoms with E-state index in [-0.39, 0.29) is 18.2 Å². The fourth-order valence-corrected chi connectivity index (χ4v) is 2.55. The number of fused-ring (bicyclic) bond motifs is 1. The van der Waals surface area contributed by atoms with Gasteiger partial charge in [-0.3, -0.25) is 0 Å². The highest BCUT2D eigenvalue weighted by atomic mass is 35.5. The van der Waals surface area contributed by atoms with E-state index in [9.17, 15) is 5.11 Å². The van der Waals surface area contributed by atoms with Crippen molar-refractivity contribution < 1.29 is 9.84 Å². The molecule has 1 heterocycles. The molecule has 0 saturated heterocycles. The van der Waals surface area contributed by atoms with Crippen LogP contribution in [0.15, 0.2) is 29.3 Å². The van der Waals surface area contributed by atoms with Gasteiger partial charge in [-0.25, -0.2) is 4.99 Å². The second-order valence-electron chi connectivity index (χ2n) is 4.63. The maximum atomic E-state index is 9.60. The maximum absolute atomic E-state index is 9.60. The largest absolute Gasteiger partial charge is 0.472 e. The predicted molar refractivity (Wildman–Crippen MR) is 66.5 cm³/mol. The minimum atomic E-state index is -0.240. The van der Waals surface area contributed by atoms with Crippen LogP contribution in [-0.4, -0.2) is 29.3 Å². The maximum Gasteiger partial charge on any atom is 0.216 e. The number of aliphatic imine (C=N–C) groups is 1. The average molecular weight is 252 g/mol. The van der Waals surface area contributed by atoms with Crippen molar-refractivity contribution in [3.8, 4) is 0 Å². The molecular weight excluding hydrogens is 238 g/mol. The lowest BCUT2D eigenvalue weighted by Gasteiger charge is -2.26. The Morgan fingerprint density at radius 2 is 2.00 bits per heavy atom. The fourth-order valence-electron chi connectivity index (χ4n) is 2.43. The van der Waals surface area contributed by atoms with Crippen LogP contribution in [0.3, 0.4) is 0 Å². The van der Waals surface area contributed by atoms with Gasteiger partial charge in [-0.1, -0.05) is 11.6 Å². The van der Waals surface area contributed by atoms with Gasteiger partial charge in [0, 0.05) is 17.0 Å². The molecule has 1 aromatic rings. The number of nitrogens with zero attached hydrogens (tertiary/aromatic N) is 1. The molecule has 3 nitrogen and oxygen atoms in total. The third kappa shape index (κ3) is 2.17. The van der Waals surface area contributed by atoms with Crippen molar-refractivity contribution in [1.29, 1.82) is 0 Å². The summed E-state index contributed by atoms with van der Waals surface area (Å²) in [6.07, 6.45) is 2.22. The number of hydrogen-bond acceptors (Lipinski definition) is 3. The molecule has 17 heavy (non-hydrogen) atoms. The molecule has 0 spiro atoms. The number of benzene rings is 1. The third-order valence-corrected chi connectivity index (χ3v) is 3.62. The van der Waals surface area contributed by atoms with Gasteiger partial charge in [0.25, 0.3) is 0 Å². The predicted octanol–water partition coefficient (Wildman–Crippen LogP) is 2.40. The molecule has 0 amide bonds. The van der Waals surface area contributed by atoms with Crippen molar-refractivity contribution in [1.82, 2.24) is 0 Å². The molecule has 3 unspecified atom stereocenters. The van der Waals surface area contributed by atoms with E-state index in [1.54, 1.807) is 0 Å². The monoisotopic (exact) mass is 251 g/mol. The van der Waals surface area contributed by atoms with E-state index in [1.165, 1.54) is 0 Å². The van der Waals surface area contributed by atoms with Crippen LogP contribution in [-0.2, 0) is 4.74 Å². The van der Waals surface area contributed by atoms with Gasteiger partial charge in [0.15, 0.2) is 0 Å². The van der Waals surface area contributed by atoms with Crippen molar-refractivity contribution in [2.75, 3.05) is 0 Å². The first-order chi connectivity index (χ1) is 8.22. The van der Waals surface area contributed by atoms with E-state index in [2.05, 4.69) is 4.99 Å². The summed E-state index contributed by atoms with van der Waals surface area (Å²) in [6, 6.07) is 7.70. The molecule has 90 valence electrons. The first kappa shape index (κ1) is 11.1. The van der Waals surface area contributed by atoms with Crippen LogP contribution in [0.1, 0.15) is 24.8 Å². The standard InChI is InChI=1S/C13H14ClNO2/c14-9-3-1-8(2-4-9)13-15-11-6-5-10(16)7-12(11)17-13/h1-4,10-12,16H,5-7H2. The van der Waals surface area contributed by atoms with Crippen LogP contribution in [0, 0.1) is 0 Å². The SMILES string of the molecule is OC1CCC2N=C(c3ccc(Cl)cc3)OC2C1. The summed E-state index contributed by atoms with van der Waals surface area (Å²) in [6.45, 7) is 0. The highest BCUT2D eigenvalue weighted by molar-refractivity contribution is 6.30. The zero-order valence-corrected chi connectivity index (χ0v) is 10.1. The smallest absolute Gasteiger partial charge is 0.216 e. The minimum Gasteiger partial charge on any atom is -0.472 e. The summed E-state index contributed by atoms with van der Waals surface area (Å²) >= 11 is 5.85. The van der Waals surface area contributed by atoms with Crippen LogP contribution < -0.4 is 0 Å². The van der Waals surface area contributed by atoms with Crippen LogP contribution in [0.2, 0.25) is 5.02 Å². The second kappa shape index (κ2) is 4.31. The zero-order valence-electron chi connectivity index (χ0n) is 9.34. The lowest BCUT2D eigenvalue weighted by Crippen LogP contribution is -2.33. The molecule has 1 N–H and O–H groups in total. The normalized spacial score (nSPS) is 31.6. The Labute approximate surface area is 105 Å². The van der Waals surface area contributed by atoms with Gasteiger partial charge in [0.05, 0.1) is 12.1 Å². The van der Waals surface area contributed by atoms with Gasteiger partial charge in [-0.15, -0.1) is 0 Å². The van der Waals surface area contributed by atoms with Crippen LogP contribution in [0.5, 0.6) is 0 Å². The van der Waals surface area contributed by atoms with Crippen molar-refractivity contribution in [2.24, 2.45) is 4.99 Å². The number of aliphatic hydroxyl groups is 1. The molecule has 0 aromatic heterocycles. The number of ether oxygens (including phenoxy) is 1. The van der Waals surface area contributed by atoms with Crippen LogP contribution >= 0.6 is 11.6 Å². The Hall–Kier alpha value is -1.06. The van der Waals surface area contributed by atoms with Crippen LogP contribution in [0.4, 0.5) is 0 Å². The highest BCUT2D eigenvalue weighted by Gasteiger charge is 2.36. The molecule has 2 aliphatic rings. The van der Waals surface area contributed by atoms with E-state index in [1.807, 2.05) is 24.3 Å². The number of hydrogen-bond donors (Lipinski definition) is 1. The summed E-state index contributed by atoms with van der Waals surface area (Å²) in [5.74, 6) is 0.686. The van der Waals surface area contributed by atoms with Crippen molar-refractivity contribution in [3.05, 3.63) is 34.9 Å². The average Bonchev–Trinajstić information content (AvgIpc) is 2.72. The van der Waals surface area contributed by atoms with Gasteiger partial charge in [0.2, 0.25) is 5.90 Å². The first-order valence-electron chi connectivity index (χ1n) is 5.91.